The average molecular weight is 315 g/mol. The van der Waals surface area contributed by atoms with Crippen molar-refractivity contribution < 1.29 is 41.0 Å². The van der Waals surface area contributed by atoms with E-state index in [0.29, 0.717) is 6.20 Å². The summed E-state index contributed by atoms with van der Waals surface area (Å²) in [6.45, 7) is 0. The Bertz CT molecular complexity index is 518. The number of carbonyl (C=O) groups excluding carboxylic acids is 1. The first-order chi connectivity index (χ1) is 9.69. The van der Waals surface area contributed by atoms with Crippen molar-refractivity contribution >= 4 is 5.97 Å². The van der Waals surface area contributed by atoms with E-state index in [-0.39, 0.29) is 5.69 Å². The molecule has 118 valence electrons. The molecule has 1 rings (SSSR count). The maximum absolute atomic E-state index is 12.7. The van der Waals surface area contributed by atoms with Gasteiger partial charge in [0.15, 0.2) is 11.5 Å². The summed E-state index contributed by atoms with van der Waals surface area (Å²) < 4.78 is 75.0. The van der Waals surface area contributed by atoms with Gasteiger partial charge in [-0.05, 0) is 0 Å². The third kappa shape index (κ3) is 4.43. The van der Waals surface area contributed by atoms with Crippen molar-refractivity contribution in [3.8, 4) is 11.5 Å². The van der Waals surface area contributed by atoms with Crippen molar-refractivity contribution in [3.63, 3.8) is 0 Å². The molecule has 5 nitrogen and oxygen atoms in total. The van der Waals surface area contributed by atoms with Crippen LogP contribution < -0.4 is 9.47 Å². The molecule has 0 fully saturated rings. The molecule has 0 aliphatic carbocycles. The molecule has 0 bridgehead atoms. The Balaban J connectivity index is 3.38. The number of methoxy groups -OCH3 is 2. The number of pyridine rings is 1. The lowest BCUT2D eigenvalue weighted by Gasteiger charge is -2.17. The lowest BCUT2D eigenvalue weighted by atomic mass is 10.1. The third-order valence-corrected chi connectivity index (χ3v) is 2.29. The highest BCUT2D eigenvalue weighted by Gasteiger charge is 2.36. The van der Waals surface area contributed by atoms with Crippen molar-refractivity contribution in [2.75, 3.05) is 14.2 Å². The van der Waals surface area contributed by atoms with E-state index >= 15 is 0 Å². The Kier molecular flexibility index (Phi) is 5.28. The van der Waals surface area contributed by atoms with E-state index in [1.54, 1.807) is 0 Å². The van der Waals surface area contributed by atoms with Crippen LogP contribution in [0.4, 0.5) is 22.0 Å². The Hall–Kier alpha value is -2.13. The summed E-state index contributed by atoms with van der Waals surface area (Å²) in [5.74, 6) is -2.76. The molecular formula is C11H10F5NO4. The SMILES string of the molecule is COC(=O)Cc1ncc(C(F)F)c(OC(F)(F)F)c1OC. The first kappa shape index (κ1) is 16.9. The third-order valence-electron chi connectivity index (χ3n) is 2.29. The Labute approximate surface area is 115 Å². The van der Waals surface area contributed by atoms with Gasteiger partial charge in [0.05, 0.1) is 31.9 Å². The van der Waals surface area contributed by atoms with Crippen molar-refractivity contribution in [2.24, 2.45) is 0 Å². The number of esters is 1. The van der Waals surface area contributed by atoms with Gasteiger partial charge in [-0.15, -0.1) is 13.2 Å². The quantitative estimate of drug-likeness (QED) is 0.617. The summed E-state index contributed by atoms with van der Waals surface area (Å²) in [5.41, 5.74) is -1.41. The summed E-state index contributed by atoms with van der Waals surface area (Å²) in [7, 11) is 1.99. The number of halogens is 5. The molecule has 0 N–H and O–H groups in total. The number of rotatable bonds is 5. The van der Waals surface area contributed by atoms with Gasteiger partial charge in [0.2, 0.25) is 0 Å². The molecular weight excluding hydrogens is 305 g/mol. The lowest BCUT2D eigenvalue weighted by Crippen LogP contribution is -2.20. The first-order valence-electron chi connectivity index (χ1n) is 5.36. The van der Waals surface area contributed by atoms with Crippen LogP contribution in [-0.2, 0) is 16.0 Å². The second-order valence-electron chi connectivity index (χ2n) is 3.62. The van der Waals surface area contributed by atoms with Gasteiger partial charge >= 0.3 is 12.3 Å². The van der Waals surface area contributed by atoms with Crippen LogP contribution in [0.3, 0.4) is 0 Å². The van der Waals surface area contributed by atoms with Crippen LogP contribution in [0.1, 0.15) is 17.7 Å². The van der Waals surface area contributed by atoms with E-state index < -0.39 is 42.2 Å². The average Bonchev–Trinajstić information content (AvgIpc) is 2.36. The van der Waals surface area contributed by atoms with Crippen LogP contribution in [0.25, 0.3) is 0 Å². The molecule has 0 radical (unpaired) electrons. The van der Waals surface area contributed by atoms with Crippen LogP contribution in [-0.4, -0.2) is 31.5 Å². The van der Waals surface area contributed by atoms with E-state index in [1.807, 2.05) is 0 Å². The molecule has 21 heavy (non-hydrogen) atoms. The summed E-state index contributed by atoms with van der Waals surface area (Å²) >= 11 is 0. The van der Waals surface area contributed by atoms with Crippen molar-refractivity contribution in [3.05, 3.63) is 17.5 Å². The minimum atomic E-state index is -5.21. The predicted molar refractivity (Wildman–Crippen MR) is 58.1 cm³/mol. The van der Waals surface area contributed by atoms with Crippen LogP contribution in [0.15, 0.2) is 6.20 Å². The zero-order chi connectivity index (χ0) is 16.2. The number of carbonyl (C=O) groups is 1. The predicted octanol–water partition coefficient (Wildman–Crippen LogP) is 2.64. The van der Waals surface area contributed by atoms with E-state index in [1.165, 1.54) is 0 Å². The summed E-state index contributed by atoms with van der Waals surface area (Å²) in [6, 6.07) is 0. The number of nitrogens with zero attached hydrogens (tertiary/aromatic N) is 1. The highest BCUT2D eigenvalue weighted by Crippen LogP contribution is 2.41. The van der Waals surface area contributed by atoms with Crippen LogP contribution in [0.2, 0.25) is 0 Å². The molecule has 1 heterocycles. The molecule has 0 amide bonds. The van der Waals surface area contributed by atoms with E-state index in [0.717, 1.165) is 14.2 Å². The molecule has 0 aliphatic rings. The number of hydrogen-bond acceptors (Lipinski definition) is 5. The normalized spacial score (nSPS) is 11.4. The second kappa shape index (κ2) is 6.55. The van der Waals surface area contributed by atoms with Gasteiger partial charge in [-0.25, -0.2) is 8.78 Å². The van der Waals surface area contributed by atoms with Gasteiger partial charge in [0, 0.05) is 6.20 Å². The molecule has 0 unspecified atom stereocenters. The fourth-order valence-corrected chi connectivity index (χ4v) is 1.45. The van der Waals surface area contributed by atoms with Gasteiger partial charge in [0.1, 0.15) is 0 Å². The molecule has 0 spiro atoms. The van der Waals surface area contributed by atoms with Crippen molar-refractivity contribution in [1.82, 2.24) is 4.98 Å². The zero-order valence-corrected chi connectivity index (χ0v) is 10.8. The number of ether oxygens (including phenoxy) is 3. The Morgan fingerprint density at radius 2 is 1.90 bits per heavy atom. The second-order valence-corrected chi connectivity index (χ2v) is 3.62. The molecule has 0 atom stereocenters. The van der Waals surface area contributed by atoms with Gasteiger partial charge in [-0.2, -0.15) is 0 Å². The Morgan fingerprint density at radius 1 is 1.29 bits per heavy atom. The molecule has 1 aromatic rings. The minimum Gasteiger partial charge on any atom is -0.491 e. The summed E-state index contributed by atoms with van der Waals surface area (Å²) in [4.78, 5) is 14.6. The maximum atomic E-state index is 12.7. The van der Waals surface area contributed by atoms with Crippen molar-refractivity contribution in [1.29, 1.82) is 0 Å². The summed E-state index contributed by atoms with van der Waals surface area (Å²) in [5, 5.41) is 0. The number of alkyl halides is 5. The standard InChI is InChI=1S/C11H10F5NO4/c1-19-7(18)3-6-9(20-2)8(21-11(14,15)16)5(4-17-6)10(12)13/h4,10H,3H2,1-2H3. The van der Waals surface area contributed by atoms with Crippen molar-refractivity contribution in [2.45, 2.75) is 19.2 Å². The van der Waals surface area contributed by atoms with Gasteiger partial charge < -0.3 is 14.2 Å². The van der Waals surface area contributed by atoms with Crippen LogP contribution in [0.5, 0.6) is 11.5 Å². The molecule has 10 heteroatoms. The lowest BCUT2D eigenvalue weighted by molar-refractivity contribution is -0.275. The highest BCUT2D eigenvalue weighted by molar-refractivity contribution is 5.73. The monoisotopic (exact) mass is 315 g/mol. The van der Waals surface area contributed by atoms with Crippen LogP contribution >= 0.6 is 0 Å². The fraction of sp³-hybridized carbons (Fsp3) is 0.455. The minimum absolute atomic E-state index is 0.312. The van der Waals surface area contributed by atoms with Gasteiger partial charge in [-0.3, -0.25) is 9.78 Å². The zero-order valence-electron chi connectivity index (χ0n) is 10.8. The molecule has 0 saturated heterocycles. The van der Waals surface area contributed by atoms with E-state index in [4.69, 9.17) is 0 Å². The molecule has 1 aromatic heterocycles. The van der Waals surface area contributed by atoms with Gasteiger partial charge in [-0.1, -0.05) is 0 Å². The highest BCUT2D eigenvalue weighted by atomic mass is 19.4. The van der Waals surface area contributed by atoms with E-state index in [9.17, 15) is 26.7 Å². The Morgan fingerprint density at radius 3 is 2.33 bits per heavy atom. The fourth-order valence-electron chi connectivity index (χ4n) is 1.45. The smallest absolute Gasteiger partial charge is 0.491 e. The topological polar surface area (TPSA) is 57.7 Å². The van der Waals surface area contributed by atoms with Gasteiger partial charge in [0.25, 0.3) is 6.43 Å². The van der Waals surface area contributed by atoms with E-state index in [2.05, 4.69) is 19.2 Å². The number of aromatic nitrogens is 1. The molecule has 0 saturated carbocycles. The molecule has 0 aliphatic heterocycles. The maximum Gasteiger partial charge on any atom is 0.573 e. The first-order valence-corrected chi connectivity index (χ1v) is 5.36. The van der Waals surface area contributed by atoms with Crippen LogP contribution in [0, 0.1) is 0 Å². The number of hydrogen-bond donors (Lipinski definition) is 0. The molecule has 0 aromatic carbocycles. The largest absolute Gasteiger partial charge is 0.573 e. The summed E-state index contributed by atoms with van der Waals surface area (Å²) in [6.07, 6.45) is -8.54.